The molecule has 0 aliphatic heterocycles. The van der Waals surface area contributed by atoms with Crippen LogP contribution in [0, 0.1) is 31.7 Å². The summed E-state index contributed by atoms with van der Waals surface area (Å²) in [6, 6.07) is 18.7. The van der Waals surface area contributed by atoms with Crippen molar-refractivity contribution in [1.82, 2.24) is 4.98 Å². The Morgan fingerprint density at radius 1 is 0.878 bits per heavy atom. The maximum Gasteiger partial charge on any atom is 0.162 e. The second-order valence-corrected chi connectivity index (χ2v) is 15.1. The Kier molecular flexibility index (Phi) is 12.0. The molecule has 263 valence electrons. The zero-order chi connectivity index (χ0) is 35.0. The molecule has 5 heteroatoms. The van der Waals surface area contributed by atoms with Gasteiger partial charge in [0.25, 0.3) is 0 Å². The van der Waals surface area contributed by atoms with Crippen molar-refractivity contribution in [2.24, 2.45) is 11.8 Å². The van der Waals surface area contributed by atoms with Gasteiger partial charge in [-0.2, -0.15) is 0 Å². The van der Waals surface area contributed by atoms with Crippen LogP contribution in [0.2, 0.25) is 0 Å². The molecule has 6 rings (SSSR count). The fourth-order valence-corrected chi connectivity index (χ4v) is 7.68. The predicted molar refractivity (Wildman–Crippen MR) is 202 cm³/mol. The predicted octanol–water partition coefficient (Wildman–Crippen LogP) is 12.4. The number of aliphatic hydroxyl groups is 1. The number of hydrogen-bond acceptors (Lipinski definition) is 4. The van der Waals surface area contributed by atoms with E-state index in [1.165, 1.54) is 45.5 Å². The number of carbonyl (C=O) groups excluding carboxylic acids is 1. The number of ketones is 1. The molecule has 1 aliphatic rings. The summed E-state index contributed by atoms with van der Waals surface area (Å²) in [5, 5.41) is 14.5. The van der Waals surface area contributed by atoms with E-state index < -0.39 is 0 Å². The minimum absolute atomic E-state index is 0. The van der Waals surface area contributed by atoms with Crippen molar-refractivity contribution >= 4 is 38.5 Å². The van der Waals surface area contributed by atoms with Gasteiger partial charge in [-0.25, -0.2) is 0 Å². The number of aliphatic hydroxyl groups excluding tert-OH is 1. The van der Waals surface area contributed by atoms with E-state index in [-0.39, 0.29) is 54.3 Å². The number of hydrogen-bond donors (Lipinski definition) is 1. The SMILES string of the molecule is CCC(CC)C(=O)/C=C(\O)C(CC)CC.Cc1cc(-c2nccc3c2oc2c4c(cc(C)c23)C(C)(C)CCC4(C)C)[c-]c2ccccc12.[Ir]. The van der Waals surface area contributed by atoms with Crippen LogP contribution in [0.3, 0.4) is 0 Å². The number of aryl methyl sites for hydroxylation is 2. The van der Waals surface area contributed by atoms with Crippen LogP contribution < -0.4 is 0 Å². The smallest absolute Gasteiger partial charge is 0.162 e. The van der Waals surface area contributed by atoms with Crippen LogP contribution in [0.4, 0.5) is 0 Å². The third kappa shape index (κ3) is 7.45. The number of furan rings is 1. The molecule has 0 unspecified atom stereocenters. The zero-order valence-corrected chi connectivity index (χ0v) is 33.5. The Hall–Kier alpha value is -3.27. The van der Waals surface area contributed by atoms with E-state index in [1.54, 1.807) is 0 Å². The molecule has 1 radical (unpaired) electrons. The van der Waals surface area contributed by atoms with Crippen LogP contribution in [-0.4, -0.2) is 15.9 Å². The van der Waals surface area contributed by atoms with Crippen molar-refractivity contribution in [2.75, 3.05) is 0 Å². The van der Waals surface area contributed by atoms with Gasteiger partial charge in [-0.05, 0) is 73.5 Å². The molecule has 49 heavy (non-hydrogen) atoms. The molecule has 5 aromatic rings. The molecule has 0 spiro atoms. The van der Waals surface area contributed by atoms with E-state index in [0.717, 1.165) is 65.3 Å². The minimum atomic E-state index is 0. The molecule has 2 aromatic heterocycles. The van der Waals surface area contributed by atoms with Gasteiger partial charge in [-0.1, -0.05) is 97.5 Å². The van der Waals surface area contributed by atoms with Crippen LogP contribution >= 0.6 is 0 Å². The third-order valence-corrected chi connectivity index (χ3v) is 11.0. The second kappa shape index (κ2) is 15.3. The largest absolute Gasteiger partial charge is 0.512 e. The fraction of sp³-hybridized carbons (Fsp3) is 0.455. The van der Waals surface area contributed by atoms with Crippen molar-refractivity contribution in [3.63, 3.8) is 0 Å². The Labute approximate surface area is 307 Å². The van der Waals surface area contributed by atoms with Crippen LogP contribution in [0.25, 0.3) is 44.0 Å². The molecular formula is C44H54IrNO3-. The average molecular weight is 837 g/mol. The van der Waals surface area contributed by atoms with Crippen molar-refractivity contribution in [2.45, 2.75) is 119 Å². The molecule has 0 bridgehead atoms. The maximum absolute atomic E-state index is 11.7. The van der Waals surface area contributed by atoms with Gasteiger partial charge in [0.05, 0.1) is 5.76 Å². The molecule has 0 amide bonds. The topological polar surface area (TPSA) is 63.3 Å². The minimum Gasteiger partial charge on any atom is -0.512 e. The van der Waals surface area contributed by atoms with E-state index >= 15 is 0 Å². The Morgan fingerprint density at radius 2 is 1.51 bits per heavy atom. The van der Waals surface area contributed by atoms with Gasteiger partial charge in [-0.15, -0.1) is 29.1 Å². The molecule has 0 fully saturated rings. The molecule has 0 saturated heterocycles. The first-order valence-electron chi connectivity index (χ1n) is 18.0. The molecule has 0 saturated carbocycles. The molecular weight excluding hydrogens is 783 g/mol. The summed E-state index contributed by atoms with van der Waals surface area (Å²) in [6.45, 7) is 21.9. The Morgan fingerprint density at radius 3 is 2.16 bits per heavy atom. The van der Waals surface area contributed by atoms with Crippen LogP contribution in [0.15, 0.2) is 64.9 Å². The van der Waals surface area contributed by atoms with Crippen molar-refractivity contribution in [1.29, 1.82) is 0 Å². The first-order valence-corrected chi connectivity index (χ1v) is 18.0. The number of nitrogens with zero attached hydrogens (tertiary/aromatic N) is 1. The van der Waals surface area contributed by atoms with Gasteiger partial charge in [0.15, 0.2) is 5.78 Å². The second-order valence-electron chi connectivity index (χ2n) is 15.1. The summed E-state index contributed by atoms with van der Waals surface area (Å²) in [4.78, 5) is 16.5. The Bertz CT molecular complexity index is 1990. The summed E-state index contributed by atoms with van der Waals surface area (Å²) in [5.74, 6) is 0.547. The molecule has 1 aliphatic carbocycles. The van der Waals surface area contributed by atoms with E-state index in [0.29, 0.717) is 0 Å². The van der Waals surface area contributed by atoms with Crippen molar-refractivity contribution in [3.8, 4) is 11.3 Å². The molecule has 3 aromatic carbocycles. The van der Waals surface area contributed by atoms with Gasteiger partial charge in [0.2, 0.25) is 0 Å². The summed E-state index contributed by atoms with van der Waals surface area (Å²) < 4.78 is 6.82. The number of benzene rings is 3. The van der Waals surface area contributed by atoms with E-state index in [2.05, 4.69) is 90.1 Å². The third-order valence-electron chi connectivity index (χ3n) is 11.0. The first-order chi connectivity index (χ1) is 22.8. The summed E-state index contributed by atoms with van der Waals surface area (Å²) >= 11 is 0. The number of fused-ring (bicyclic) bond motifs is 6. The van der Waals surface area contributed by atoms with E-state index in [9.17, 15) is 9.90 Å². The Balaban J connectivity index is 0.000000290. The van der Waals surface area contributed by atoms with Gasteiger partial charge in [0.1, 0.15) is 11.2 Å². The van der Waals surface area contributed by atoms with Gasteiger partial charge in [-0.3, -0.25) is 9.78 Å². The zero-order valence-electron chi connectivity index (χ0n) is 31.1. The maximum atomic E-state index is 11.7. The summed E-state index contributed by atoms with van der Waals surface area (Å²) in [5.41, 5.74) is 9.32. The molecule has 4 nitrogen and oxygen atoms in total. The molecule has 0 atom stereocenters. The monoisotopic (exact) mass is 837 g/mol. The van der Waals surface area contributed by atoms with Crippen molar-refractivity contribution in [3.05, 3.63) is 88.8 Å². The van der Waals surface area contributed by atoms with Gasteiger partial charge >= 0.3 is 0 Å². The van der Waals surface area contributed by atoms with E-state index in [4.69, 9.17) is 9.40 Å². The van der Waals surface area contributed by atoms with Crippen LogP contribution in [0.1, 0.15) is 116 Å². The molecule has 2 heterocycles. The van der Waals surface area contributed by atoms with E-state index in [1.807, 2.05) is 33.9 Å². The average Bonchev–Trinajstić information content (AvgIpc) is 3.45. The standard InChI is InChI=1S/C31H30NO.C13H24O2.Ir/c1-18-15-21(17-20-9-7-8-10-22(18)20)27-28-23(11-14-32-27)25-19(2)16-24-26(29(25)33-28)31(5,6)13-12-30(24,3)4;1-5-10(6-2)12(14)9-13(15)11(7-3)8-4;/h7-11,14-16H,12-13H2,1-6H3;9-11,14H,5-8H2,1-4H3;/q-1;;/b;12-9-;. The van der Waals surface area contributed by atoms with Crippen molar-refractivity contribution < 1.29 is 34.4 Å². The van der Waals surface area contributed by atoms with Gasteiger partial charge in [0, 0.05) is 66.2 Å². The number of carbonyl (C=O) groups is 1. The summed E-state index contributed by atoms with van der Waals surface area (Å²) in [7, 11) is 0. The quantitative estimate of drug-likeness (QED) is 0.0961. The number of aromatic nitrogens is 1. The van der Waals surface area contributed by atoms with Crippen LogP contribution in [-0.2, 0) is 35.7 Å². The van der Waals surface area contributed by atoms with Gasteiger partial charge < -0.3 is 9.52 Å². The first kappa shape index (κ1) is 38.5. The normalized spacial score (nSPS) is 15.3. The number of allylic oxidation sites excluding steroid dienone is 2. The molecule has 1 N–H and O–H groups in total. The fourth-order valence-electron chi connectivity index (χ4n) is 7.68. The number of pyridine rings is 1. The van der Waals surface area contributed by atoms with Crippen LogP contribution in [0.5, 0.6) is 0 Å². The summed E-state index contributed by atoms with van der Waals surface area (Å²) in [6.07, 6.45) is 9.17. The number of rotatable bonds is 8.